The van der Waals surface area contributed by atoms with Crippen LogP contribution >= 0.6 is 15.9 Å². The smallest absolute Gasteiger partial charge is 0.308 e. The highest BCUT2D eigenvalue weighted by Crippen LogP contribution is 2.17. The van der Waals surface area contributed by atoms with Gasteiger partial charge in [0.15, 0.2) is 5.75 Å². The van der Waals surface area contributed by atoms with Gasteiger partial charge in [-0.05, 0) is 28.9 Å². The van der Waals surface area contributed by atoms with E-state index in [1.165, 1.54) is 13.1 Å². The molecule has 1 aromatic rings. The minimum atomic E-state index is -3.45. The highest BCUT2D eigenvalue weighted by atomic mass is 79.9. The summed E-state index contributed by atoms with van der Waals surface area (Å²) in [5.74, 6) is 0.163. The summed E-state index contributed by atoms with van der Waals surface area (Å²) in [5, 5.41) is 0. The van der Waals surface area contributed by atoms with Gasteiger partial charge in [-0.2, -0.15) is 8.42 Å². The molecular formula is C7H8BrNO3S. The average Bonchev–Trinajstić information content (AvgIpc) is 2.03. The molecule has 0 saturated carbocycles. The van der Waals surface area contributed by atoms with Crippen LogP contribution in [0.3, 0.4) is 0 Å². The normalized spacial score (nSPS) is 11.2. The second-order valence-corrected chi connectivity index (χ2v) is 5.04. The van der Waals surface area contributed by atoms with Crippen LogP contribution < -0.4 is 4.18 Å². The molecule has 4 nitrogen and oxygen atoms in total. The number of halogens is 1. The van der Waals surface area contributed by atoms with Crippen molar-refractivity contribution in [1.82, 2.24) is 4.98 Å². The van der Waals surface area contributed by atoms with Crippen LogP contribution in [0.4, 0.5) is 0 Å². The summed E-state index contributed by atoms with van der Waals surface area (Å²) in [6.07, 6.45) is 2.89. The van der Waals surface area contributed by atoms with Crippen molar-refractivity contribution in [3.05, 3.63) is 22.9 Å². The number of nitrogens with zero attached hydrogens (tertiary/aromatic N) is 1. The Morgan fingerprint density at radius 1 is 1.54 bits per heavy atom. The zero-order valence-electron chi connectivity index (χ0n) is 6.90. The second-order valence-electron chi connectivity index (χ2n) is 2.27. The molecule has 0 aliphatic heterocycles. The lowest BCUT2D eigenvalue weighted by Crippen LogP contribution is -2.11. The summed E-state index contributed by atoms with van der Waals surface area (Å²) in [5.41, 5.74) is 0. The predicted molar refractivity (Wildman–Crippen MR) is 52.0 cm³/mol. The molecule has 6 heteroatoms. The first kappa shape index (κ1) is 10.5. The Labute approximate surface area is 85.2 Å². The third-order valence-electron chi connectivity index (χ3n) is 1.26. The zero-order chi connectivity index (χ0) is 9.90. The second kappa shape index (κ2) is 4.06. The number of rotatable bonds is 3. The molecule has 72 valence electrons. The molecule has 0 radical (unpaired) electrons. The molecule has 13 heavy (non-hydrogen) atoms. The van der Waals surface area contributed by atoms with Crippen molar-refractivity contribution >= 4 is 26.0 Å². The van der Waals surface area contributed by atoms with E-state index in [4.69, 9.17) is 4.18 Å². The Kier molecular flexibility index (Phi) is 3.27. The number of pyridine rings is 1. The highest BCUT2D eigenvalue weighted by Gasteiger charge is 2.09. The first-order valence-corrected chi connectivity index (χ1v) is 5.93. The van der Waals surface area contributed by atoms with E-state index in [2.05, 4.69) is 20.9 Å². The van der Waals surface area contributed by atoms with Crippen molar-refractivity contribution in [1.29, 1.82) is 0 Å². The first-order valence-electron chi connectivity index (χ1n) is 3.56. The Balaban J connectivity index is 2.87. The number of hydrogen-bond donors (Lipinski definition) is 0. The maximum Gasteiger partial charge on any atom is 0.308 e. The van der Waals surface area contributed by atoms with Crippen molar-refractivity contribution in [2.75, 3.05) is 5.75 Å². The van der Waals surface area contributed by atoms with Gasteiger partial charge in [-0.3, -0.25) is 4.98 Å². The molecule has 0 amide bonds. The average molecular weight is 266 g/mol. The fraction of sp³-hybridized carbons (Fsp3) is 0.286. The van der Waals surface area contributed by atoms with E-state index >= 15 is 0 Å². The molecule has 0 aromatic carbocycles. The molecule has 1 aromatic heterocycles. The molecule has 0 saturated heterocycles. The van der Waals surface area contributed by atoms with Crippen LogP contribution in [0.25, 0.3) is 0 Å². The van der Waals surface area contributed by atoms with Crippen LogP contribution in [-0.2, 0) is 10.1 Å². The van der Waals surface area contributed by atoms with E-state index in [0.29, 0.717) is 4.47 Å². The third kappa shape index (κ3) is 3.31. The van der Waals surface area contributed by atoms with Gasteiger partial charge in [-0.15, -0.1) is 0 Å². The lowest BCUT2D eigenvalue weighted by atomic mass is 10.5. The summed E-state index contributed by atoms with van der Waals surface area (Å²) in [4.78, 5) is 3.77. The predicted octanol–water partition coefficient (Wildman–Crippen LogP) is 1.57. The molecule has 0 N–H and O–H groups in total. The molecule has 0 atom stereocenters. The van der Waals surface area contributed by atoms with Crippen molar-refractivity contribution in [2.45, 2.75) is 6.92 Å². The quantitative estimate of drug-likeness (QED) is 0.779. The van der Waals surface area contributed by atoms with E-state index in [1.54, 1.807) is 12.3 Å². The minimum absolute atomic E-state index is 0.0560. The van der Waals surface area contributed by atoms with Crippen LogP contribution in [0.5, 0.6) is 5.75 Å². The van der Waals surface area contributed by atoms with Crippen molar-refractivity contribution in [2.24, 2.45) is 0 Å². The summed E-state index contributed by atoms with van der Waals surface area (Å²) >= 11 is 3.15. The van der Waals surface area contributed by atoms with Gasteiger partial charge in [0.05, 0.1) is 11.9 Å². The van der Waals surface area contributed by atoms with Crippen LogP contribution in [0.15, 0.2) is 22.9 Å². The van der Waals surface area contributed by atoms with Crippen LogP contribution in [0.1, 0.15) is 6.92 Å². The minimum Gasteiger partial charge on any atom is -0.381 e. The number of aromatic nitrogens is 1. The van der Waals surface area contributed by atoms with Gasteiger partial charge in [0.25, 0.3) is 0 Å². The monoisotopic (exact) mass is 265 g/mol. The van der Waals surface area contributed by atoms with Crippen LogP contribution in [0.2, 0.25) is 0 Å². The van der Waals surface area contributed by atoms with Crippen molar-refractivity contribution < 1.29 is 12.6 Å². The fourth-order valence-corrected chi connectivity index (χ4v) is 1.49. The van der Waals surface area contributed by atoms with Crippen LogP contribution in [-0.4, -0.2) is 19.2 Å². The maximum absolute atomic E-state index is 11.0. The summed E-state index contributed by atoms with van der Waals surface area (Å²) in [6, 6.07) is 1.54. The van der Waals surface area contributed by atoms with E-state index in [-0.39, 0.29) is 11.5 Å². The molecule has 0 unspecified atom stereocenters. The summed E-state index contributed by atoms with van der Waals surface area (Å²) in [6.45, 7) is 1.51. The molecule has 0 bridgehead atoms. The SMILES string of the molecule is CCS(=O)(=O)Oc1cncc(Br)c1. The molecule has 0 aliphatic carbocycles. The standard InChI is InChI=1S/C7H8BrNO3S/c1-2-13(10,11)12-7-3-6(8)4-9-5-7/h3-5H,2H2,1H3. The Bertz CT molecular complexity index is 390. The fourth-order valence-electron chi connectivity index (χ4n) is 0.643. The van der Waals surface area contributed by atoms with Gasteiger partial charge in [-0.1, -0.05) is 0 Å². The van der Waals surface area contributed by atoms with Crippen molar-refractivity contribution in [3.63, 3.8) is 0 Å². The summed E-state index contributed by atoms with van der Waals surface area (Å²) in [7, 11) is -3.45. The Hall–Kier alpha value is -0.620. The Morgan fingerprint density at radius 2 is 2.23 bits per heavy atom. The van der Waals surface area contributed by atoms with Gasteiger partial charge in [0.2, 0.25) is 0 Å². The molecule has 0 fully saturated rings. The molecule has 0 spiro atoms. The van der Waals surface area contributed by atoms with E-state index in [1.807, 2.05) is 0 Å². The third-order valence-corrected chi connectivity index (χ3v) is 2.84. The largest absolute Gasteiger partial charge is 0.381 e. The zero-order valence-corrected chi connectivity index (χ0v) is 9.30. The lowest BCUT2D eigenvalue weighted by molar-refractivity contribution is 0.486. The highest BCUT2D eigenvalue weighted by molar-refractivity contribution is 9.10. The van der Waals surface area contributed by atoms with Gasteiger partial charge >= 0.3 is 10.1 Å². The number of hydrogen-bond acceptors (Lipinski definition) is 4. The van der Waals surface area contributed by atoms with E-state index < -0.39 is 10.1 Å². The topological polar surface area (TPSA) is 56.3 Å². The summed E-state index contributed by atoms with van der Waals surface area (Å²) < 4.78 is 27.4. The lowest BCUT2D eigenvalue weighted by Gasteiger charge is -2.03. The molecular weight excluding hydrogens is 258 g/mol. The van der Waals surface area contributed by atoms with Gasteiger partial charge in [0, 0.05) is 10.7 Å². The molecule has 1 heterocycles. The molecule has 0 aliphatic rings. The van der Waals surface area contributed by atoms with Crippen LogP contribution in [0, 0.1) is 0 Å². The van der Waals surface area contributed by atoms with Gasteiger partial charge in [0.1, 0.15) is 0 Å². The van der Waals surface area contributed by atoms with E-state index in [0.717, 1.165) is 0 Å². The van der Waals surface area contributed by atoms with Gasteiger partial charge < -0.3 is 4.18 Å². The van der Waals surface area contributed by atoms with Crippen molar-refractivity contribution in [3.8, 4) is 5.75 Å². The maximum atomic E-state index is 11.0. The molecule has 1 rings (SSSR count). The first-order chi connectivity index (χ1) is 6.03. The van der Waals surface area contributed by atoms with E-state index in [9.17, 15) is 8.42 Å². The Morgan fingerprint density at radius 3 is 2.77 bits per heavy atom. The van der Waals surface area contributed by atoms with Gasteiger partial charge in [-0.25, -0.2) is 0 Å².